The highest BCUT2D eigenvalue weighted by Crippen LogP contribution is 2.18. The fourth-order valence-electron chi connectivity index (χ4n) is 1.58. The summed E-state index contributed by atoms with van der Waals surface area (Å²) < 4.78 is 18.0. The first-order valence-electron chi connectivity index (χ1n) is 6.55. The van der Waals surface area contributed by atoms with Crippen LogP contribution in [0, 0.1) is 12.9 Å². The van der Waals surface area contributed by atoms with E-state index in [1.165, 1.54) is 13.0 Å². The minimum absolute atomic E-state index is 0.202. The maximum absolute atomic E-state index is 13.0. The molecule has 0 aliphatic heterocycles. The van der Waals surface area contributed by atoms with Crippen molar-refractivity contribution in [2.24, 2.45) is 0 Å². The summed E-state index contributed by atoms with van der Waals surface area (Å²) in [6, 6.07) is 1.39. The second-order valence-corrected chi connectivity index (χ2v) is 5.77. The molecule has 0 bridgehead atoms. The number of carbonyl (C=O) groups excluding carboxylic acids is 1. The van der Waals surface area contributed by atoms with Gasteiger partial charge in [0.15, 0.2) is 0 Å². The molecule has 0 saturated carbocycles. The van der Waals surface area contributed by atoms with Gasteiger partial charge in [0, 0.05) is 23.9 Å². The van der Waals surface area contributed by atoms with Gasteiger partial charge in [-0.25, -0.2) is 9.78 Å². The average Bonchev–Trinajstić information content (AvgIpc) is 2.36. The highest BCUT2D eigenvalue weighted by atomic mass is 19.1. The first-order valence-corrected chi connectivity index (χ1v) is 6.55. The van der Waals surface area contributed by atoms with Gasteiger partial charge in [-0.1, -0.05) is 0 Å². The smallest absolute Gasteiger partial charge is 0.407 e. The van der Waals surface area contributed by atoms with Crippen LogP contribution < -0.4 is 5.32 Å². The highest BCUT2D eigenvalue weighted by molar-refractivity contribution is 5.67. The Morgan fingerprint density at radius 1 is 1.48 bits per heavy atom. The van der Waals surface area contributed by atoms with E-state index in [0.717, 1.165) is 6.20 Å². The predicted molar refractivity (Wildman–Crippen MR) is 74.1 cm³/mol. The molecule has 1 aromatic rings. The Bertz CT molecular complexity index is 502. The summed E-state index contributed by atoms with van der Waals surface area (Å²) in [5, 5.41) is 22.1. The van der Waals surface area contributed by atoms with Crippen molar-refractivity contribution in [1.82, 2.24) is 10.3 Å². The van der Waals surface area contributed by atoms with E-state index < -0.39 is 29.8 Å². The molecule has 1 rings (SSSR count). The maximum atomic E-state index is 13.0. The summed E-state index contributed by atoms with van der Waals surface area (Å²) in [4.78, 5) is 14.9. The van der Waals surface area contributed by atoms with Gasteiger partial charge in [0.25, 0.3) is 0 Å². The van der Waals surface area contributed by atoms with E-state index >= 15 is 0 Å². The predicted octanol–water partition coefficient (Wildman–Crippen LogP) is 1.45. The molecule has 1 aromatic heterocycles. The molecule has 6 nitrogen and oxygen atoms in total. The molecule has 0 aliphatic carbocycles. The van der Waals surface area contributed by atoms with Crippen LogP contribution >= 0.6 is 0 Å². The van der Waals surface area contributed by atoms with Gasteiger partial charge in [0.2, 0.25) is 5.95 Å². The molecule has 3 N–H and O–H groups in total. The van der Waals surface area contributed by atoms with Crippen LogP contribution in [0.2, 0.25) is 0 Å². The number of aliphatic hydroxyl groups is 2. The van der Waals surface area contributed by atoms with Crippen molar-refractivity contribution in [3.05, 3.63) is 29.3 Å². The van der Waals surface area contributed by atoms with Gasteiger partial charge in [-0.15, -0.1) is 0 Å². The van der Waals surface area contributed by atoms with Crippen molar-refractivity contribution in [3.63, 3.8) is 0 Å². The van der Waals surface area contributed by atoms with Crippen LogP contribution in [-0.2, 0) is 4.74 Å². The molecule has 21 heavy (non-hydrogen) atoms. The van der Waals surface area contributed by atoms with Gasteiger partial charge < -0.3 is 20.3 Å². The third-order valence-electron chi connectivity index (χ3n) is 2.60. The first-order chi connectivity index (χ1) is 9.60. The monoisotopic (exact) mass is 300 g/mol. The summed E-state index contributed by atoms with van der Waals surface area (Å²) in [6.45, 7) is 6.44. The van der Waals surface area contributed by atoms with Crippen molar-refractivity contribution < 1.29 is 24.1 Å². The zero-order valence-corrected chi connectivity index (χ0v) is 12.6. The fraction of sp³-hybridized carbons (Fsp3) is 0.571. The molecular formula is C14H21FN2O4. The van der Waals surface area contributed by atoms with Crippen molar-refractivity contribution >= 4 is 6.09 Å². The van der Waals surface area contributed by atoms with E-state index in [1.54, 1.807) is 20.8 Å². The van der Waals surface area contributed by atoms with E-state index in [2.05, 4.69) is 10.3 Å². The molecular weight excluding hydrogens is 279 g/mol. The SMILES string of the molecule is Cc1cc(C(O)C(O)CNC(=O)OC(C)(C)C)cnc1F. The Balaban J connectivity index is 2.56. The van der Waals surface area contributed by atoms with Crippen molar-refractivity contribution in [1.29, 1.82) is 0 Å². The number of halogens is 1. The number of nitrogens with zero attached hydrogens (tertiary/aromatic N) is 1. The lowest BCUT2D eigenvalue weighted by molar-refractivity contribution is 0.0127. The van der Waals surface area contributed by atoms with E-state index in [1.807, 2.05) is 0 Å². The lowest BCUT2D eigenvalue weighted by atomic mass is 10.1. The molecule has 0 fully saturated rings. The maximum Gasteiger partial charge on any atom is 0.407 e. The van der Waals surface area contributed by atoms with Crippen LogP contribution in [0.1, 0.15) is 38.0 Å². The van der Waals surface area contributed by atoms with Crippen LogP contribution in [-0.4, -0.2) is 39.5 Å². The number of aromatic nitrogens is 1. The molecule has 0 aromatic carbocycles. The third kappa shape index (κ3) is 5.65. The van der Waals surface area contributed by atoms with Gasteiger partial charge >= 0.3 is 6.09 Å². The zero-order valence-electron chi connectivity index (χ0n) is 12.6. The van der Waals surface area contributed by atoms with Crippen LogP contribution in [0.4, 0.5) is 9.18 Å². The van der Waals surface area contributed by atoms with E-state index in [4.69, 9.17) is 4.74 Å². The Morgan fingerprint density at radius 3 is 2.62 bits per heavy atom. The normalized spacial score (nSPS) is 14.4. The average molecular weight is 300 g/mol. The summed E-state index contributed by atoms with van der Waals surface area (Å²) >= 11 is 0. The van der Waals surface area contributed by atoms with Gasteiger partial charge in [-0.2, -0.15) is 4.39 Å². The second-order valence-electron chi connectivity index (χ2n) is 5.77. The molecule has 0 spiro atoms. The Kier molecular flexibility index (Phi) is 5.62. The highest BCUT2D eigenvalue weighted by Gasteiger charge is 2.22. The molecule has 0 saturated heterocycles. The minimum atomic E-state index is -1.29. The zero-order chi connectivity index (χ0) is 16.2. The molecule has 118 valence electrons. The van der Waals surface area contributed by atoms with Crippen LogP contribution in [0.3, 0.4) is 0 Å². The minimum Gasteiger partial charge on any atom is -0.444 e. The lowest BCUT2D eigenvalue weighted by Crippen LogP contribution is -2.38. The van der Waals surface area contributed by atoms with Gasteiger partial charge in [0.05, 0.1) is 0 Å². The number of aryl methyl sites for hydroxylation is 1. The lowest BCUT2D eigenvalue weighted by Gasteiger charge is -2.22. The molecule has 2 unspecified atom stereocenters. The van der Waals surface area contributed by atoms with Gasteiger partial charge in [0.1, 0.15) is 17.8 Å². The van der Waals surface area contributed by atoms with Gasteiger partial charge in [-0.05, 0) is 33.8 Å². The van der Waals surface area contributed by atoms with Crippen molar-refractivity contribution in [2.45, 2.75) is 45.5 Å². The number of hydrogen-bond acceptors (Lipinski definition) is 5. The molecule has 2 atom stereocenters. The molecule has 0 aliphatic rings. The van der Waals surface area contributed by atoms with E-state index in [9.17, 15) is 19.4 Å². The summed E-state index contributed by atoms with van der Waals surface area (Å²) in [6.07, 6.45) is -2.10. The summed E-state index contributed by atoms with van der Waals surface area (Å²) in [5.41, 5.74) is -0.114. The molecule has 1 heterocycles. The number of ether oxygens (including phenoxy) is 1. The number of pyridine rings is 1. The number of alkyl carbamates (subject to hydrolysis) is 1. The number of carbonyl (C=O) groups is 1. The quantitative estimate of drug-likeness (QED) is 0.732. The van der Waals surface area contributed by atoms with Crippen molar-refractivity contribution in [2.75, 3.05) is 6.54 Å². The van der Waals surface area contributed by atoms with Crippen LogP contribution in [0.15, 0.2) is 12.3 Å². The largest absolute Gasteiger partial charge is 0.444 e. The van der Waals surface area contributed by atoms with Crippen molar-refractivity contribution in [3.8, 4) is 0 Å². The van der Waals surface area contributed by atoms with Gasteiger partial charge in [-0.3, -0.25) is 0 Å². The Hall–Kier alpha value is -1.73. The topological polar surface area (TPSA) is 91.7 Å². The van der Waals surface area contributed by atoms with Crippen LogP contribution in [0.5, 0.6) is 0 Å². The van der Waals surface area contributed by atoms with Crippen LogP contribution in [0.25, 0.3) is 0 Å². The Morgan fingerprint density at radius 2 is 2.10 bits per heavy atom. The number of amides is 1. The first kappa shape index (κ1) is 17.3. The standard InChI is InChI=1S/C14H21FN2O4/c1-8-5-9(6-16-12(8)15)11(19)10(18)7-17-13(20)21-14(2,3)4/h5-6,10-11,18-19H,7H2,1-4H3,(H,17,20). The molecule has 7 heteroatoms. The molecule has 0 radical (unpaired) electrons. The fourth-order valence-corrected chi connectivity index (χ4v) is 1.58. The number of hydrogen-bond donors (Lipinski definition) is 3. The summed E-state index contributed by atoms with van der Waals surface area (Å²) in [7, 11) is 0. The number of nitrogens with one attached hydrogen (secondary N) is 1. The van der Waals surface area contributed by atoms with E-state index in [-0.39, 0.29) is 17.7 Å². The molecule has 1 amide bonds. The number of rotatable bonds is 4. The second kappa shape index (κ2) is 6.82. The Labute approximate surface area is 123 Å². The third-order valence-corrected chi connectivity index (χ3v) is 2.60. The number of aliphatic hydroxyl groups excluding tert-OH is 2. The summed E-state index contributed by atoms with van der Waals surface area (Å²) in [5.74, 6) is -0.632. The van der Waals surface area contributed by atoms with E-state index in [0.29, 0.717) is 0 Å².